The normalized spacial score (nSPS) is 10.4. The summed E-state index contributed by atoms with van der Waals surface area (Å²) in [4.78, 5) is 19.5. The van der Waals surface area contributed by atoms with Crippen molar-refractivity contribution in [1.29, 1.82) is 0 Å². The summed E-state index contributed by atoms with van der Waals surface area (Å²) in [5.74, 6) is 0.799. The van der Waals surface area contributed by atoms with E-state index in [9.17, 15) is 4.79 Å². The highest BCUT2D eigenvalue weighted by atomic mass is 32.2. The lowest BCUT2D eigenvalue weighted by atomic mass is 10.3. The Morgan fingerprint density at radius 2 is 2.24 bits per heavy atom. The van der Waals surface area contributed by atoms with Crippen molar-refractivity contribution >= 4 is 23.5 Å². The van der Waals surface area contributed by atoms with Crippen molar-refractivity contribution in [3.05, 3.63) is 12.4 Å². The smallest absolute Gasteiger partial charge is 0.221 e. The molecule has 17 heavy (non-hydrogen) atoms. The largest absolute Gasteiger partial charge is 0.369 e. The molecule has 0 spiro atoms. The lowest BCUT2D eigenvalue weighted by Crippen LogP contribution is -2.31. The standard InChI is InChI=1S/C11H18N4OS/c1-8(2)15-10(16)4-5-12-9-6-11(17-3)14-7-13-9/h6-8H,4-5H2,1-3H3,(H,15,16)(H,12,13,14). The SMILES string of the molecule is CSc1cc(NCCC(=O)NC(C)C)ncn1. The summed E-state index contributed by atoms with van der Waals surface area (Å²) in [6.45, 7) is 4.46. The van der Waals surface area contributed by atoms with Gasteiger partial charge in [-0.1, -0.05) is 0 Å². The Morgan fingerprint density at radius 3 is 2.88 bits per heavy atom. The highest BCUT2D eigenvalue weighted by Gasteiger charge is 2.03. The summed E-state index contributed by atoms with van der Waals surface area (Å²) < 4.78 is 0. The van der Waals surface area contributed by atoms with Gasteiger partial charge in [-0.2, -0.15) is 0 Å². The number of thioether (sulfide) groups is 1. The zero-order chi connectivity index (χ0) is 12.7. The summed E-state index contributed by atoms with van der Waals surface area (Å²) in [5.41, 5.74) is 0. The molecule has 0 bridgehead atoms. The highest BCUT2D eigenvalue weighted by Crippen LogP contribution is 2.13. The van der Waals surface area contributed by atoms with Crippen molar-refractivity contribution in [2.45, 2.75) is 31.3 Å². The molecule has 94 valence electrons. The minimum Gasteiger partial charge on any atom is -0.369 e. The number of aromatic nitrogens is 2. The molecule has 0 fully saturated rings. The molecule has 2 N–H and O–H groups in total. The fraction of sp³-hybridized carbons (Fsp3) is 0.545. The van der Waals surface area contributed by atoms with E-state index >= 15 is 0 Å². The summed E-state index contributed by atoms with van der Waals surface area (Å²) in [7, 11) is 0. The van der Waals surface area contributed by atoms with Crippen molar-refractivity contribution in [3.8, 4) is 0 Å². The van der Waals surface area contributed by atoms with Crippen LogP contribution >= 0.6 is 11.8 Å². The first-order valence-electron chi connectivity index (χ1n) is 5.51. The van der Waals surface area contributed by atoms with Crippen molar-refractivity contribution in [3.63, 3.8) is 0 Å². The Balaban J connectivity index is 2.32. The van der Waals surface area contributed by atoms with Gasteiger partial charge in [0, 0.05) is 25.1 Å². The first-order valence-corrected chi connectivity index (χ1v) is 6.73. The predicted molar refractivity (Wildman–Crippen MR) is 70.2 cm³/mol. The Morgan fingerprint density at radius 1 is 1.47 bits per heavy atom. The van der Waals surface area contributed by atoms with Crippen LogP contribution in [0.25, 0.3) is 0 Å². The van der Waals surface area contributed by atoms with Crippen LogP contribution in [-0.2, 0) is 4.79 Å². The molecule has 5 nitrogen and oxygen atoms in total. The predicted octanol–water partition coefficient (Wildman–Crippen LogP) is 1.53. The molecule has 0 unspecified atom stereocenters. The van der Waals surface area contributed by atoms with Crippen LogP contribution < -0.4 is 10.6 Å². The zero-order valence-electron chi connectivity index (χ0n) is 10.4. The number of carbonyl (C=O) groups is 1. The highest BCUT2D eigenvalue weighted by molar-refractivity contribution is 7.98. The number of amides is 1. The number of hydrogen-bond donors (Lipinski definition) is 2. The Labute approximate surface area is 106 Å². The van der Waals surface area contributed by atoms with Crippen LogP contribution in [0.1, 0.15) is 20.3 Å². The van der Waals surface area contributed by atoms with E-state index in [1.807, 2.05) is 26.2 Å². The maximum Gasteiger partial charge on any atom is 0.221 e. The minimum atomic E-state index is 0.0478. The third-order valence-corrected chi connectivity index (χ3v) is 2.60. The van der Waals surface area contributed by atoms with Gasteiger partial charge in [-0.15, -0.1) is 11.8 Å². The fourth-order valence-electron chi connectivity index (χ4n) is 1.25. The number of hydrogen-bond acceptors (Lipinski definition) is 5. The van der Waals surface area contributed by atoms with Gasteiger partial charge in [0.25, 0.3) is 0 Å². The molecule has 0 saturated heterocycles. The van der Waals surface area contributed by atoms with Gasteiger partial charge >= 0.3 is 0 Å². The zero-order valence-corrected chi connectivity index (χ0v) is 11.2. The van der Waals surface area contributed by atoms with Gasteiger partial charge in [0.2, 0.25) is 5.91 Å². The van der Waals surface area contributed by atoms with Gasteiger partial charge in [-0.05, 0) is 20.1 Å². The molecule has 0 atom stereocenters. The molecule has 0 aliphatic heterocycles. The molecule has 0 aromatic carbocycles. The third-order valence-electron chi connectivity index (χ3n) is 1.96. The molecular formula is C11H18N4OS. The molecular weight excluding hydrogens is 236 g/mol. The summed E-state index contributed by atoms with van der Waals surface area (Å²) in [6.07, 6.45) is 3.92. The second-order valence-electron chi connectivity index (χ2n) is 3.84. The van der Waals surface area contributed by atoms with Crippen LogP contribution in [0.3, 0.4) is 0 Å². The van der Waals surface area contributed by atoms with Crippen molar-refractivity contribution in [1.82, 2.24) is 15.3 Å². The van der Waals surface area contributed by atoms with E-state index in [4.69, 9.17) is 0 Å². The van der Waals surface area contributed by atoms with Crippen molar-refractivity contribution < 1.29 is 4.79 Å². The molecule has 0 saturated carbocycles. The quantitative estimate of drug-likeness (QED) is 0.595. The van der Waals surface area contributed by atoms with E-state index in [0.717, 1.165) is 10.8 Å². The lowest BCUT2D eigenvalue weighted by molar-refractivity contribution is -0.121. The van der Waals surface area contributed by atoms with Gasteiger partial charge in [-0.25, -0.2) is 9.97 Å². The monoisotopic (exact) mass is 254 g/mol. The lowest BCUT2D eigenvalue weighted by Gasteiger charge is -2.09. The Kier molecular flexibility index (Phi) is 5.76. The van der Waals surface area contributed by atoms with Crippen LogP contribution in [0.2, 0.25) is 0 Å². The minimum absolute atomic E-state index is 0.0478. The summed E-state index contributed by atoms with van der Waals surface area (Å²) in [5, 5.41) is 6.85. The third kappa shape index (κ3) is 5.53. The second-order valence-corrected chi connectivity index (χ2v) is 4.67. The number of anilines is 1. The average molecular weight is 254 g/mol. The molecule has 0 radical (unpaired) electrons. The summed E-state index contributed by atoms with van der Waals surface area (Å²) in [6, 6.07) is 2.05. The van der Waals surface area contributed by atoms with Gasteiger partial charge in [0.15, 0.2) is 0 Å². The van der Waals surface area contributed by atoms with Crippen LogP contribution in [0.15, 0.2) is 17.4 Å². The van der Waals surface area contributed by atoms with Gasteiger partial charge < -0.3 is 10.6 Å². The van der Waals surface area contributed by atoms with Gasteiger partial charge in [-0.3, -0.25) is 4.79 Å². The van der Waals surface area contributed by atoms with Crippen molar-refractivity contribution in [2.75, 3.05) is 18.1 Å². The van der Waals surface area contributed by atoms with Crippen LogP contribution in [-0.4, -0.2) is 34.7 Å². The maximum absolute atomic E-state index is 11.4. The molecule has 6 heteroatoms. The van der Waals surface area contributed by atoms with E-state index in [-0.39, 0.29) is 11.9 Å². The van der Waals surface area contributed by atoms with E-state index < -0.39 is 0 Å². The van der Waals surface area contributed by atoms with Crippen LogP contribution in [0, 0.1) is 0 Å². The van der Waals surface area contributed by atoms with Gasteiger partial charge in [0.05, 0.1) is 0 Å². The topological polar surface area (TPSA) is 66.9 Å². The number of carbonyl (C=O) groups excluding carboxylic acids is 1. The molecule has 1 aromatic heterocycles. The number of nitrogens with one attached hydrogen (secondary N) is 2. The second kappa shape index (κ2) is 7.11. The van der Waals surface area contributed by atoms with E-state index in [2.05, 4.69) is 20.6 Å². The number of nitrogens with zero attached hydrogens (tertiary/aromatic N) is 2. The van der Waals surface area contributed by atoms with E-state index in [1.165, 1.54) is 6.33 Å². The van der Waals surface area contributed by atoms with Gasteiger partial charge in [0.1, 0.15) is 17.2 Å². The first kappa shape index (κ1) is 13.8. The molecule has 0 aliphatic carbocycles. The molecule has 1 rings (SSSR count). The number of rotatable bonds is 6. The van der Waals surface area contributed by atoms with Crippen LogP contribution in [0.4, 0.5) is 5.82 Å². The molecule has 0 aliphatic rings. The van der Waals surface area contributed by atoms with E-state index in [1.54, 1.807) is 11.8 Å². The Bertz CT molecular complexity index is 370. The summed E-state index contributed by atoms with van der Waals surface area (Å²) >= 11 is 1.56. The molecule has 1 amide bonds. The Hall–Kier alpha value is -1.30. The first-order chi connectivity index (χ1) is 8.11. The maximum atomic E-state index is 11.4. The molecule has 1 heterocycles. The van der Waals surface area contributed by atoms with Crippen molar-refractivity contribution in [2.24, 2.45) is 0 Å². The average Bonchev–Trinajstić information content (AvgIpc) is 2.28. The molecule has 1 aromatic rings. The fourth-order valence-corrected chi connectivity index (χ4v) is 1.63. The van der Waals surface area contributed by atoms with Crippen LogP contribution in [0.5, 0.6) is 0 Å². The van der Waals surface area contributed by atoms with E-state index in [0.29, 0.717) is 13.0 Å².